The predicted octanol–water partition coefficient (Wildman–Crippen LogP) is 2.29. The number of aliphatic hydroxyl groups excluding tert-OH is 1. The highest BCUT2D eigenvalue weighted by Crippen LogP contribution is 2.40. The first-order valence-electron chi connectivity index (χ1n) is 5.66. The summed E-state index contributed by atoms with van der Waals surface area (Å²) < 4.78 is 5.57. The summed E-state index contributed by atoms with van der Waals surface area (Å²) in [5.41, 5.74) is 1.90. The monoisotopic (exact) mass is 227 g/mol. The molecule has 2 heterocycles. The fourth-order valence-corrected chi connectivity index (χ4v) is 2.23. The van der Waals surface area contributed by atoms with Gasteiger partial charge in [-0.2, -0.15) is 0 Å². The Hall–Kier alpha value is -1.87. The summed E-state index contributed by atoms with van der Waals surface area (Å²) in [6, 6.07) is 11.6. The first-order valence-corrected chi connectivity index (χ1v) is 5.66. The summed E-state index contributed by atoms with van der Waals surface area (Å²) in [5, 5.41) is 10.3. The van der Waals surface area contributed by atoms with Crippen LogP contribution in [-0.2, 0) is 0 Å². The lowest BCUT2D eigenvalue weighted by Crippen LogP contribution is -2.12. The molecule has 0 saturated heterocycles. The maximum absolute atomic E-state index is 10.3. The molecule has 0 radical (unpaired) electrons. The van der Waals surface area contributed by atoms with Crippen LogP contribution in [0.5, 0.6) is 5.75 Å². The number of hydrogen-bond donors (Lipinski definition) is 1. The highest BCUT2D eigenvalue weighted by Gasteiger charge is 2.30. The number of hydrogen-bond acceptors (Lipinski definition) is 3. The summed E-state index contributed by atoms with van der Waals surface area (Å²) in [7, 11) is 0. The van der Waals surface area contributed by atoms with Crippen molar-refractivity contribution < 1.29 is 9.84 Å². The number of aromatic nitrogens is 1. The van der Waals surface area contributed by atoms with E-state index in [1.165, 1.54) is 0 Å². The summed E-state index contributed by atoms with van der Waals surface area (Å²) in [4.78, 5) is 4.03. The number of pyridine rings is 1. The van der Waals surface area contributed by atoms with Gasteiger partial charge in [-0.15, -0.1) is 0 Å². The third-order valence-electron chi connectivity index (χ3n) is 3.14. The van der Waals surface area contributed by atoms with Crippen LogP contribution in [-0.4, -0.2) is 16.7 Å². The number of rotatable bonds is 2. The minimum Gasteiger partial charge on any atom is -0.493 e. The Balaban J connectivity index is 1.92. The van der Waals surface area contributed by atoms with E-state index in [9.17, 15) is 5.11 Å². The van der Waals surface area contributed by atoms with Crippen LogP contribution in [0.4, 0.5) is 0 Å². The molecule has 0 aliphatic carbocycles. The molecule has 0 saturated carbocycles. The van der Waals surface area contributed by atoms with Gasteiger partial charge >= 0.3 is 0 Å². The SMILES string of the molecule is OC(c1cccnc1)C1COc2ccccc21. The molecule has 2 aromatic rings. The fraction of sp³-hybridized carbons (Fsp3) is 0.214. The third kappa shape index (κ3) is 1.78. The fourth-order valence-electron chi connectivity index (χ4n) is 2.23. The van der Waals surface area contributed by atoms with Crippen LogP contribution in [0.1, 0.15) is 23.1 Å². The molecule has 3 heteroatoms. The van der Waals surface area contributed by atoms with Crippen molar-refractivity contribution in [3.63, 3.8) is 0 Å². The lowest BCUT2D eigenvalue weighted by atomic mass is 9.92. The van der Waals surface area contributed by atoms with Crippen molar-refractivity contribution in [3.8, 4) is 5.75 Å². The number of para-hydroxylation sites is 1. The third-order valence-corrected chi connectivity index (χ3v) is 3.14. The zero-order valence-electron chi connectivity index (χ0n) is 9.28. The molecule has 1 aliphatic rings. The maximum Gasteiger partial charge on any atom is 0.123 e. The Morgan fingerprint density at radius 2 is 2.12 bits per heavy atom. The number of nitrogens with zero attached hydrogens (tertiary/aromatic N) is 1. The second-order valence-electron chi connectivity index (χ2n) is 4.19. The second-order valence-corrected chi connectivity index (χ2v) is 4.19. The van der Waals surface area contributed by atoms with Gasteiger partial charge in [0.25, 0.3) is 0 Å². The molecular weight excluding hydrogens is 214 g/mol. The van der Waals surface area contributed by atoms with Crippen molar-refractivity contribution in [2.24, 2.45) is 0 Å². The Labute approximate surface area is 99.7 Å². The molecule has 0 spiro atoms. The van der Waals surface area contributed by atoms with E-state index in [-0.39, 0.29) is 5.92 Å². The standard InChI is InChI=1S/C14H13NO2/c16-14(10-4-3-7-15-8-10)12-9-17-13-6-2-1-5-11(12)13/h1-8,12,14,16H,9H2. The minimum absolute atomic E-state index is 0.00426. The molecular formula is C14H13NO2. The average Bonchev–Trinajstić information content (AvgIpc) is 2.83. The molecule has 86 valence electrons. The molecule has 1 N–H and O–H groups in total. The predicted molar refractivity (Wildman–Crippen MR) is 63.9 cm³/mol. The van der Waals surface area contributed by atoms with Gasteiger partial charge in [-0.25, -0.2) is 0 Å². The number of benzene rings is 1. The second kappa shape index (κ2) is 4.18. The molecule has 0 fully saturated rings. The van der Waals surface area contributed by atoms with Crippen molar-refractivity contribution in [2.45, 2.75) is 12.0 Å². The molecule has 17 heavy (non-hydrogen) atoms. The van der Waals surface area contributed by atoms with Gasteiger partial charge in [0, 0.05) is 18.0 Å². The van der Waals surface area contributed by atoms with Crippen molar-refractivity contribution >= 4 is 0 Å². The van der Waals surface area contributed by atoms with Crippen LogP contribution >= 0.6 is 0 Å². The van der Waals surface area contributed by atoms with E-state index in [0.29, 0.717) is 6.61 Å². The molecule has 3 nitrogen and oxygen atoms in total. The van der Waals surface area contributed by atoms with Crippen LogP contribution in [0.15, 0.2) is 48.8 Å². The Morgan fingerprint density at radius 3 is 2.94 bits per heavy atom. The van der Waals surface area contributed by atoms with Crippen LogP contribution in [0.3, 0.4) is 0 Å². The first-order chi connectivity index (χ1) is 8.36. The van der Waals surface area contributed by atoms with E-state index in [2.05, 4.69) is 4.98 Å². The molecule has 1 aromatic heterocycles. The molecule has 0 bridgehead atoms. The van der Waals surface area contributed by atoms with Gasteiger partial charge in [0.05, 0.1) is 18.6 Å². The topological polar surface area (TPSA) is 42.4 Å². The van der Waals surface area contributed by atoms with E-state index in [1.807, 2.05) is 36.4 Å². The Kier molecular flexibility index (Phi) is 2.53. The van der Waals surface area contributed by atoms with E-state index in [1.54, 1.807) is 12.4 Å². The lowest BCUT2D eigenvalue weighted by Gasteiger charge is -2.16. The molecule has 2 unspecified atom stereocenters. The van der Waals surface area contributed by atoms with Gasteiger partial charge in [0.2, 0.25) is 0 Å². The largest absolute Gasteiger partial charge is 0.493 e. The van der Waals surface area contributed by atoms with Gasteiger partial charge in [0.1, 0.15) is 5.75 Å². The normalized spacial score (nSPS) is 19.5. The minimum atomic E-state index is -0.563. The highest BCUT2D eigenvalue weighted by molar-refractivity contribution is 5.41. The maximum atomic E-state index is 10.3. The average molecular weight is 227 g/mol. The first kappa shape index (κ1) is 10.3. The van der Waals surface area contributed by atoms with Crippen molar-refractivity contribution in [1.29, 1.82) is 0 Å². The van der Waals surface area contributed by atoms with Crippen LogP contribution < -0.4 is 4.74 Å². The summed E-state index contributed by atoms with van der Waals surface area (Å²) in [6.45, 7) is 0.523. The summed E-state index contributed by atoms with van der Waals surface area (Å²) >= 11 is 0. The van der Waals surface area contributed by atoms with E-state index < -0.39 is 6.10 Å². The number of fused-ring (bicyclic) bond motifs is 1. The van der Waals surface area contributed by atoms with E-state index in [4.69, 9.17) is 4.74 Å². The van der Waals surface area contributed by atoms with Gasteiger partial charge in [-0.05, 0) is 17.7 Å². The van der Waals surface area contributed by atoms with E-state index >= 15 is 0 Å². The lowest BCUT2D eigenvalue weighted by molar-refractivity contribution is 0.130. The smallest absolute Gasteiger partial charge is 0.123 e. The van der Waals surface area contributed by atoms with Gasteiger partial charge in [0.15, 0.2) is 0 Å². The zero-order valence-corrected chi connectivity index (χ0v) is 9.28. The molecule has 2 atom stereocenters. The van der Waals surface area contributed by atoms with Crippen LogP contribution in [0.2, 0.25) is 0 Å². The van der Waals surface area contributed by atoms with Crippen molar-refractivity contribution in [2.75, 3.05) is 6.61 Å². The molecule has 1 aliphatic heterocycles. The highest BCUT2D eigenvalue weighted by atomic mass is 16.5. The summed E-state index contributed by atoms with van der Waals surface area (Å²) in [6.07, 6.45) is 2.84. The van der Waals surface area contributed by atoms with Crippen molar-refractivity contribution in [3.05, 3.63) is 59.9 Å². The van der Waals surface area contributed by atoms with Crippen LogP contribution in [0.25, 0.3) is 0 Å². The molecule has 3 rings (SSSR count). The number of ether oxygens (including phenoxy) is 1. The zero-order chi connectivity index (χ0) is 11.7. The Bertz CT molecular complexity index is 513. The molecule has 0 amide bonds. The van der Waals surface area contributed by atoms with Gasteiger partial charge < -0.3 is 9.84 Å². The van der Waals surface area contributed by atoms with Crippen LogP contribution in [0, 0.1) is 0 Å². The molecule has 1 aromatic carbocycles. The van der Waals surface area contributed by atoms with E-state index in [0.717, 1.165) is 16.9 Å². The van der Waals surface area contributed by atoms with Gasteiger partial charge in [-0.1, -0.05) is 24.3 Å². The van der Waals surface area contributed by atoms with Gasteiger partial charge in [-0.3, -0.25) is 4.98 Å². The summed E-state index contributed by atoms with van der Waals surface area (Å²) in [5.74, 6) is 0.871. The Morgan fingerprint density at radius 1 is 1.24 bits per heavy atom. The number of aliphatic hydroxyl groups is 1. The van der Waals surface area contributed by atoms with Crippen molar-refractivity contribution in [1.82, 2.24) is 4.98 Å². The quantitative estimate of drug-likeness (QED) is 0.856.